The third-order valence-corrected chi connectivity index (χ3v) is 13.0. The van der Waals surface area contributed by atoms with Crippen molar-refractivity contribution < 1.29 is 39.8 Å². The maximum absolute atomic E-state index is 13.0. The number of carbonyl (C=O) groups is 1. The van der Waals surface area contributed by atoms with E-state index < -0.39 is 49.5 Å². The second kappa shape index (κ2) is 49.0. The van der Waals surface area contributed by atoms with Gasteiger partial charge in [0.15, 0.2) is 6.29 Å². The van der Waals surface area contributed by atoms with Crippen molar-refractivity contribution >= 4 is 5.91 Å². The second-order valence-electron chi connectivity index (χ2n) is 19.4. The molecule has 1 heterocycles. The quantitative estimate of drug-likeness (QED) is 0.0261. The number of unbranched alkanes of at least 4 members (excludes halogenated alkanes) is 25. The molecule has 9 nitrogen and oxygen atoms in total. The molecule has 0 spiro atoms. The van der Waals surface area contributed by atoms with Gasteiger partial charge in [-0.25, -0.2) is 0 Å². The van der Waals surface area contributed by atoms with Crippen molar-refractivity contribution in [1.82, 2.24) is 5.32 Å². The van der Waals surface area contributed by atoms with Crippen molar-refractivity contribution in [2.24, 2.45) is 0 Å². The normalized spacial score (nSPS) is 20.1. The topological polar surface area (TPSA) is 149 Å². The van der Waals surface area contributed by atoms with Crippen molar-refractivity contribution in [2.75, 3.05) is 13.2 Å². The van der Waals surface area contributed by atoms with Gasteiger partial charge in [0.2, 0.25) is 5.91 Å². The molecule has 0 aliphatic carbocycles. The molecule has 9 heteroatoms. The number of hydrogen-bond donors (Lipinski definition) is 6. The summed E-state index contributed by atoms with van der Waals surface area (Å²) in [5, 5.41) is 54.3. The molecule has 69 heavy (non-hydrogen) atoms. The molecule has 7 unspecified atom stereocenters. The van der Waals surface area contributed by atoms with E-state index in [-0.39, 0.29) is 12.5 Å². The predicted octanol–water partition coefficient (Wildman–Crippen LogP) is 13.8. The van der Waals surface area contributed by atoms with Crippen LogP contribution in [-0.2, 0) is 14.3 Å². The molecular weight excluding hydrogens is 863 g/mol. The molecule has 1 rings (SSSR count). The fourth-order valence-electron chi connectivity index (χ4n) is 8.51. The molecule has 0 radical (unpaired) electrons. The van der Waals surface area contributed by atoms with Crippen LogP contribution in [0.4, 0.5) is 0 Å². The lowest BCUT2D eigenvalue weighted by Gasteiger charge is -2.40. The first-order valence-electron chi connectivity index (χ1n) is 28.3. The van der Waals surface area contributed by atoms with E-state index in [9.17, 15) is 30.3 Å². The number of rotatable bonds is 47. The highest BCUT2D eigenvalue weighted by Gasteiger charge is 2.44. The number of hydrogen-bond acceptors (Lipinski definition) is 8. The van der Waals surface area contributed by atoms with E-state index in [1.54, 1.807) is 6.08 Å². The van der Waals surface area contributed by atoms with E-state index in [4.69, 9.17) is 9.47 Å². The molecule has 1 amide bonds. The zero-order chi connectivity index (χ0) is 50.1. The second-order valence-corrected chi connectivity index (χ2v) is 19.4. The fourth-order valence-corrected chi connectivity index (χ4v) is 8.51. The Labute approximate surface area is 422 Å². The number of amides is 1. The molecule has 0 bridgehead atoms. The van der Waals surface area contributed by atoms with E-state index in [0.29, 0.717) is 6.42 Å². The largest absolute Gasteiger partial charge is 0.394 e. The average molecular weight is 968 g/mol. The number of allylic oxidation sites excluding steroid dienone is 13. The van der Waals surface area contributed by atoms with Gasteiger partial charge in [-0.3, -0.25) is 4.79 Å². The number of aliphatic hydroxyl groups excluding tert-OH is 5. The van der Waals surface area contributed by atoms with Crippen LogP contribution in [0.15, 0.2) is 85.1 Å². The number of carbonyl (C=O) groups excluding carboxylic acids is 1. The van der Waals surface area contributed by atoms with Gasteiger partial charge >= 0.3 is 0 Å². The summed E-state index contributed by atoms with van der Waals surface area (Å²) in [5.41, 5.74) is 0. The van der Waals surface area contributed by atoms with Crippen LogP contribution in [0.25, 0.3) is 0 Å². The first kappa shape index (κ1) is 64.4. The molecule has 0 aromatic rings. The van der Waals surface area contributed by atoms with E-state index in [0.717, 1.165) is 77.0 Å². The molecule has 6 N–H and O–H groups in total. The van der Waals surface area contributed by atoms with Gasteiger partial charge in [-0.2, -0.15) is 0 Å². The monoisotopic (exact) mass is 968 g/mol. The SMILES string of the molecule is CC/C=C\C/C=C\C/C=C\C/C=C\C/C=C\C/C=C\CCCCCCCCCCCCCCCCCCC(=O)NC(COC1OC(CO)C(O)C(O)C1O)C(O)/C=C/CCCCCCCCCCC. The summed E-state index contributed by atoms with van der Waals surface area (Å²) in [7, 11) is 0. The van der Waals surface area contributed by atoms with Crippen molar-refractivity contribution in [3.05, 3.63) is 85.1 Å². The van der Waals surface area contributed by atoms with Crippen molar-refractivity contribution in [3.8, 4) is 0 Å². The zero-order valence-electron chi connectivity index (χ0n) is 44.0. The van der Waals surface area contributed by atoms with Crippen LogP contribution in [0.5, 0.6) is 0 Å². The Bertz CT molecular complexity index is 1350. The Morgan fingerprint density at radius 2 is 0.899 bits per heavy atom. The summed E-state index contributed by atoms with van der Waals surface area (Å²) in [4.78, 5) is 13.0. The number of aliphatic hydroxyl groups is 5. The average Bonchev–Trinajstić information content (AvgIpc) is 3.35. The molecule has 1 aliphatic rings. The zero-order valence-corrected chi connectivity index (χ0v) is 44.0. The molecule has 1 aliphatic heterocycles. The molecule has 0 saturated carbocycles. The summed E-state index contributed by atoms with van der Waals surface area (Å²) in [6.07, 6.45) is 62.3. The van der Waals surface area contributed by atoms with Gasteiger partial charge in [-0.05, 0) is 70.6 Å². The lowest BCUT2D eigenvalue weighted by Crippen LogP contribution is -2.60. The van der Waals surface area contributed by atoms with Crippen LogP contribution in [-0.4, -0.2) is 87.5 Å². The Morgan fingerprint density at radius 3 is 1.33 bits per heavy atom. The van der Waals surface area contributed by atoms with Crippen LogP contribution in [0.1, 0.15) is 232 Å². The van der Waals surface area contributed by atoms with Gasteiger partial charge in [0.05, 0.1) is 25.4 Å². The smallest absolute Gasteiger partial charge is 0.220 e. The van der Waals surface area contributed by atoms with E-state index in [2.05, 4.69) is 92.1 Å². The summed E-state index contributed by atoms with van der Waals surface area (Å²) < 4.78 is 11.2. The summed E-state index contributed by atoms with van der Waals surface area (Å²) in [6.45, 7) is 3.64. The number of nitrogens with one attached hydrogen (secondary N) is 1. The van der Waals surface area contributed by atoms with Gasteiger partial charge in [0, 0.05) is 6.42 Å². The predicted molar refractivity (Wildman–Crippen MR) is 290 cm³/mol. The lowest BCUT2D eigenvalue weighted by atomic mass is 9.99. The van der Waals surface area contributed by atoms with Crippen molar-refractivity contribution in [3.63, 3.8) is 0 Å². The number of ether oxygens (including phenoxy) is 2. The molecule has 7 atom stereocenters. The molecular formula is C60H105NO8. The van der Waals surface area contributed by atoms with Gasteiger partial charge in [0.25, 0.3) is 0 Å². The summed E-state index contributed by atoms with van der Waals surface area (Å²) in [6, 6.07) is -0.806. The van der Waals surface area contributed by atoms with Crippen LogP contribution in [0.2, 0.25) is 0 Å². The maximum atomic E-state index is 13.0. The van der Waals surface area contributed by atoms with E-state index >= 15 is 0 Å². The highest BCUT2D eigenvalue weighted by Crippen LogP contribution is 2.23. The first-order valence-corrected chi connectivity index (χ1v) is 28.3. The Morgan fingerprint density at radius 1 is 0.507 bits per heavy atom. The third-order valence-electron chi connectivity index (χ3n) is 13.0. The minimum Gasteiger partial charge on any atom is -0.394 e. The molecule has 1 saturated heterocycles. The highest BCUT2D eigenvalue weighted by molar-refractivity contribution is 5.76. The fraction of sp³-hybridized carbons (Fsp3) is 0.750. The summed E-state index contributed by atoms with van der Waals surface area (Å²) in [5.74, 6) is -0.180. The molecule has 398 valence electrons. The lowest BCUT2D eigenvalue weighted by molar-refractivity contribution is -0.302. The Hall–Kier alpha value is -2.63. The molecule has 1 fully saturated rings. The van der Waals surface area contributed by atoms with Gasteiger partial charge < -0.3 is 40.3 Å². The minimum atomic E-state index is -1.57. The van der Waals surface area contributed by atoms with Crippen LogP contribution < -0.4 is 5.32 Å². The molecule has 0 aromatic carbocycles. The Kier molecular flexibility index (Phi) is 45.7. The van der Waals surface area contributed by atoms with E-state index in [1.807, 2.05) is 6.08 Å². The van der Waals surface area contributed by atoms with Gasteiger partial charge in [-0.1, -0.05) is 240 Å². The van der Waals surface area contributed by atoms with Gasteiger partial charge in [-0.15, -0.1) is 0 Å². The standard InChI is InChI=1S/C60H105NO8/c1-3-5-7-9-11-13-15-16-17-18-19-20-21-22-23-24-25-26-27-28-29-30-31-32-33-34-35-36-37-38-40-42-44-46-48-50-56(64)61-53(52-68-60-59(67)58(66)57(65)55(51-62)69-60)54(63)49-47-45-43-41-39-14-12-10-8-6-4-2/h5,7,11,13,16-17,19-20,22-23,25-26,47,49,53-55,57-60,62-63,65-67H,3-4,6,8-10,12,14-15,18,21,24,27-46,48,50-52H2,1-2H3,(H,61,64)/b7-5-,13-11-,17-16-,20-19-,23-22-,26-25-,49-47+. The maximum Gasteiger partial charge on any atom is 0.220 e. The third kappa shape index (κ3) is 38.7. The van der Waals surface area contributed by atoms with Crippen LogP contribution in [0, 0.1) is 0 Å². The highest BCUT2D eigenvalue weighted by atomic mass is 16.7. The molecule has 0 aromatic heterocycles. The first-order chi connectivity index (χ1) is 33.8. The summed E-state index contributed by atoms with van der Waals surface area (Å²) >= 11 is 0. The van der Waals surface area contributed by atoms with Crippen LogP contribution in [0.3, 0.4) is 0 Å². The Balaban J connectivity index is 2.11. The van der Waals surface area contributed by atoms with Crippen molar-refractivity contribution in [2.45, 2.75) is 275 Å². The van der Waals surface area contributed by atoms with E-state index in [1.165, 1.54) is 135 Å². The van der Waals surface area contributed by atoms with Crippen LogP contribution >= 0.6 is 0 Å². The minimum absolute atomic E-state index is 0.180. The van der Waals surface area contributed by atoms with Crippen molar-refractivity contribution in [1.29, 1.82) is 0 Å². The van der Waals surface area contributed by atoms with Gasteiger partial charge in [0.1, 0.15) is 24.4 Å².